The second-order valence-corrected chi connectivity index (χ2v) is 4.61. The summed E-state index contributed by atoms with van der Waals surface area (Å²) < 4.78 is 10.1. The molecule has 0 bridgehead atoms. The number of nitrogens with one attached hydrogen (secondary N) is 1. The van der Waals surface area contributed by atoms with Crippen LogP contribution in [0.1, 0.15) is 12.8 Å². The highest BCUT2D eigenvalue weighted by atomic mass is 16.6. The van der Waals surface area contributed by atoms with Gasteiger partial charge in [0.15, 0.2) is 11.0 Å². The molecule has 0 saturated carbocycles. The van der Waals surface area contributed by atoms with E-state index in [2.05, 4.69) is 15.6 Å². The zero-order valence-electron chi connectivity index (χ0n) is 10.1. The molecule has 1 atom stereocenters. The number of nitrogens with two attached hydrogens (primary N) is 1. The Morgan fingerprint density at radius 3 is 3.06 bits per heavy atom. The second-order valence-electron chi connectivity index (χ2n) is 4.61. The largest absolute Gasteiger partial charge is 0.397 e. The molecule has 18 heavy (non-hydrogen) atoms. The van der Waals surface area contributed by atoms with Gasteiger partial charge in [-0.25, -0.2) is 4.63 Å². The van der Waals surface area contributed by atoms with Gasteiger partial charge in [0.1, 0.15) is 0 Å². The summed E-state index contributed by atoms with van der Waals surface area (Å²) in [4.78, 5) is 0. The number of nitrogen functional groups attached to an aromatic ring is 1. The number of anilines is 2. The van der Waals surface area contributed by atoms with Crippen molar-refractivity contribution in [3.8, 4) is 0 Å². The maximum atomic E-state index is 5.79. The number of nitrogens with zero attached hydrogens (tertiary/aromatic N) is 2. The number of benzene rings is 1. The van der Waals surface area contributed by atoms with Crippen molar-refractivity contribution in [2.45, 2.75) is 12.8 Å². The number of aromatic nitrogens is 2. The molecule has 3 N–H and O–H groups in total. The normalized spacial score (nSPS) is 19.4. The SMILES string of the molecule is Nc1ccc(NCCC2CCOC2)c2nonc12. The van der Waals surface area contributed by atoms with E-state index in [1.807, 2.05) is 12.1 Å². The lowest BCUT2D eigenvalue weighted by atomic mass is 10.1. The van der Waals surface area contributed by atoms with E-state index in [1.54, 1.807) is 0 Å². The zero-order chi connectivity index (χ0) is 12.4. The number of fused-ring (bicyclic) bond motifs is 1. The quantitative estimate of drug-likeness (QED) is 0.800. The Labute approximate surface area is 104 Å². The Bertz CT molecular complexity index is 534. The minimum absolute atomic E-state index is 0.584. The molecular weight excluding hydrogens is 232 g/mol. The topological polar surface area (TPSA) is 86.2 Å². The Balaban J connectivity index is 1.67. The van der Waals surface area contributed by atoms with Crippen LogP contribution in [0.15, 0.2) is 16.8 Å². The highest BCUT2D eigenvalue weighted by Crippen LogP contribution is 2.25. The lowest BCUT2D eigenvalue weighted by Gasteiger charge is -2.10. The minimum Gasteiger partial charge on any atom is -0.397 e. The third-order valence-corrected chi connectivity index (χ3v) is 3.34. The average molecular weight is 248 g/mol. The lowest BCUT2D eigenvalue weighted by Crippen LogP contribution is -2.09. The first-order valence-corrected chi connectivity index (χ1v) is 6.17. The van der Waals surface area contributed by atoms with Crippen LogP contribution in [0.5, 0.6) is 0 Å². The van der Waals surface area contributed by atoms with Crippen molar-refractivity contribution in [3.05, 3.63) is 12.1 Å². The van der Waals surface area contributed by atoms with Crippen molar-refractivity contribution in [1.82, 2.24) is 10.3 Å². The molecule has 1 fully saturated rings. The maximum absolute atomic E-state index is 5.79. The molecule has 96 valence electrons. The van der Waals surface area contributed by atoms with Crippen LogP contribution < -0.4 is 11.1 Å². The third-order valence-electron chi connectivity index (χ3n) is 3.34. The van der Waals surface area contributed by atoms with Gasteiger partial charge in [0, 0.05) is 19.8 Å². The molecule has 0 spiro atoms. The van der Waals surface area contributed by atoms with Crippen molar-refractivity contribution < 1.29 is 9.37 Å². The molecule has 2 aromatic rings. The van der Waals surface area contributed by atoms with Crippen molar-refractivity contribution in [2.75, 3.05) is 30.8 Å². The monoisotopic (exact) mass is 248 g/mol. The molecule has 1 unspecified atom stereocenters. The van der Waals surface area contributed by atoms with Gasteiger partial charge in [-0.15, -0.1) is 0 Å². The van der Waals surface area contributed by atoms with Gasteiger partial charge in [-0.1, -0.05) is 0 Å². The van der Waals surface area contributed by atoms with Gasteiger partial charge in [0.2, 0.25) is 0 Å². The summed E-state index contributed by atoms with van der Waals surface area (Å²) in [6.45, 7) is 2.66. The summed E-state index contributed by atoms with van der Waals surface area (Å²) in [6.07, 6.45) is 2.25. The van der Waals surface area contributed by atoms with Crippen molar-refractivity contribution in [3.63, 3.8) is 0 Å². The minimum atomic E-state index is 0.584. The van der Waals surface area contributed by atoms with Crippen molar-refractivity contribution >= 4 is 22.4 Å². The number of hydrogen-bond donors (Lipinski definition) is 2. The lowest BCUT2D eigenvalue weighted by molar-refractivity contribution is 0.185. The fourth-order valence-electron chi connectivity index (χ4n) is 2.25. The van der Waals surface area contributed by atoms with Gasteiger partial charge in [-0.2, -0.15) is 0 Å². The number of ether oxygens (including phenoxy) is 1. The highest BCUT2D eigenvalue weighted by Gasteiger charge is 2.15. The Morgan fingerprint density at radius 2 is 2.22 bits per heavy atom. The van der Waals surface area contributed by atoms with E-state index >= 15 is 0 Å². The van der Waals surface area contributed by atoms with Crippen LogP contribution >= 0.6 is 0 Å². The van der Waals surface area contributed by atoms with Crippen LogP contribution in [0.2, 0.25) is 0 Å². The number of rotatable bonds is 4. The van der Waals surface area contributed by atoms with Crippen LogP contribution in [0.3, 0.4) is 0 Å². The van der Waals surface area contributed by atoms with E-state index in [9.17, 15) is 0 Å². The van der Waals surface area contributed by atoms with E-state index in [1.165, 1.54) is 0 Å². The van der Waals surface area contributed by atoms with Crippen LogP contribution in [-0.2, 0) is 4.74 Å². The summed E-state index contributed by atoms with van der Waals surface area (Å²) in [5, 5.41) is 11.0. The molecule has 1 saturated heterocycles. The van der Waals surface area contributed by atoms with Gasteiger partial charge < -0.3 is 15.8 Å². The molecule has 6 nitrogen and oxygen atoms in total. The van der Waals surface area contributed by atoms with E-state index in [0.29, 0.717) is 22.6 Å². The molecule has 2 heterocycles. The molecule has 3 rings (SSSR count). The average Bonchev–Trinajstić information content (AvgIpc) is 3.02. The van der Waals surface area contributed by atoms with Crippen molar-refractivity contribution in [1.29, 1.82) is 0 Å². The second kappa shape index (κ2) is 4.81. The Morgan fingerprint density at radius 1 is 1.33 bits per heavy atom. The molecule has 0 aliphatic carbocycles. The molecular formula is C12H16N4O2. The molecule has 6 heteroatoms. The first-order chi connectivity index (χ1) is 8.84. The van der Waals surface area contributed by atoms with E-state index in [-0.39, 0.29) is 0 Å². The van der Waals surface area contributed by atoms with Gasteiger partial charge in [-0.3, -0.25) is 0 Å². The summed E-state index contributed by atoms with van der Waals surface area (Å²) in [5.41, 5.74) is 8.60. The fraction of sp³-hybridized carbons (Fsp3) is 0.500. The summed E-state index contributed by atoms with van der Waals surface area (Å²) in [7, 11) is 0. The van der Waals surface area contributed by atoms with E-state index in [0.717, 1.165) is 38.3 Å². The van der Waals surface area contributed by atoms with Gasteiger partial charge in [0.05, 0.1) is 11.4 Å². The molecule has 1 aromatic heterocycles. The van der Waals surface area contributed by atoms with Crippen LogP contribution in [0, 0.1) is 5.92 Å². The summed E-state index contributed by atoms with van der Waals surface area (Å²) in [5.74, 6) is 0.664. The maximum Gasteiger partial charge on any atom is 0.160 e. The highest BCUT2D eigenvalue weighted by molar-refractivity contribution is 5.94. The molecule has 0 radical (unpaired) electrons. The predicted molar refractivity (Wildman–Crippen MR) is 68.2 cm³/mol. The van der Waals surface area contributed by atoms with Crippen LogP contribution in [0.25, 0.3) is 11.0 Å². The van der Waals surface area contributed by atoms with Crippen molar-refractivity contribution in [2.24, 2.45) is 5.92 Å². The zero-order valence-corrected chi connectivity index (χ0v) is 10.1. The van der Waals surface area contributed by atoms with Gasteiger partial charge in [-0.05, 0) is 41.2 Å². The first kappa shape index (κ1) is 11.3. The first-order valence-electron chi connectivity index (χ1n) is 6.17. The third kappa shape index (κ3) is 2.11. The van der Waals surface area contributed by atoms with E-state index < -0.39 is 0 Å². The Hall–Kier alpha value is -1.82. The van der Waals surface area contributed by atoms with Crippen LogP contribution in [0.4, 0.5) is 11.4 Å². The van der Waals surface area contributed by atoms with Gasteiger partial charge in [0.25, 0.3) is 0 Å². The molecule has 0 amide bonds. The molecule has 1 aliphatic rings. The van der Waals surface area contributed by atoms with Gasteiger partial charge >= 0.3 is 0 Å². The molecule has 1 aliphatic heterocycles. The fourth-order valence-corrected chi connectivity index (χ4v) is 2.25. The predicted octanol–water partition coefficient (Wildman–Crippen LogP) is 1.64. The molecule has 1 aromatic carbocycles. The van der Waals surface area contributed by atoms with Crippen LogP contribution in [-0.4, -0.2) is 30.1 Å². The summed E-state index contributed by atoms with van der Waals surface area (Å²) >= 11 is 0. The summed E-state index contributed by atoms with van der Waals surface area (Å²) in [6, 6.07) is 3.72. The number of hydrogen-bond acceptors (Lipinski definition) is 6. The standard InChI is InChI=1S/C12H16N4O2/c13-9-1-2-10(12-11(9)15-18-16-12)14-5-3-8-4-6-17-7-8/h1-2,8,14H,3-7,13H2. The van der Waals surface area contributed by atoms with E-state index in [4.69, 9.17) is 15.1 Å². The Kier molecular flexibility index (Phi) is 3.02. The smallest absolute Gasteiger partial charge is 0.160 e.